The summed E-state index contributed by atoms with van der Waals surface area (Å²) in [4.78, 5) is 16.0. The first-order valence-electron chi connectivity index (χ1n) is 16.9. The van der Waals surface area contributed by atoms with E-state index in [4.69, 9.17) is 25.8 Å². The maximum atomic E-state index is 13.8. The van der Waals surface area contributed by atoms with E-state index in [-0.39, 0.29) is 41.8 Å². The van der Waals surface area contributed by atoms with Crippen LogP contribution in [0.2, 0.25) is 5.02 Å². The minimum Gasteiger partial charge on any atom is -0.490 e. The lowest BCUT2D eigenvalue weighted by atomic mass is 9.68. The average Bonchev–Trinajstić information content (AvgIpc) is 3.17. The van der Waals surface area contributed by atoms with E-state index in [0.717, 1.165) is 42.8 Å². The van der Waals surface area contributed by atoms with Crippen molar-refractivity contribution in [2.75, 3.05) is 51.5 Å². The third-order valence-corrected chi connectivity index (χ3v) is 13.0. The molecule has 47 heavy (non-hydrogen) atoms. The Bertz CT molecular complexity index is 1580. The van der Waals surface area contributed by atoms with Crippen LogP contribution in [0.25, 0.3) is 0 Å². The molecule has 256 valence electrons. The fourth-order valence-corrected chi connectivity index (χ4v) is 9.84. The van der Waals surface area contributed by atoms with Crippen LogP contribution in [0.1, 0.15) is 66.9 Å². The molecule has 2 N–H and O–H groups in total. The number of benzene rings is 2. The zero-order chi connectivity index (χ0) is 33.2. The van der Waals surface area contributed by atoms with Gasteiger partial charge in [-0.1, -0.05) is 36.7 Å². The molecule has 0 aromatic heterocycles. The van der Waals surface area contributed by atoms with Crippen molar-refractivity contribution in [3.8, 4) is 5.75 Å². The van der Waals surface area contributed by atoms with Gasteiger partial charge in [0.25, 0.3) is 5.91 Å². The molecule has 6 atom stereocenters. The van der Waals surface area contributed by atoms with Gasteiger partial charge in [-0.05, 0) is 104 Å². The number of sulfonamides is 1. The van der Waals surface area contributed by atoms with E-state index in [1.54, 1.807) is 25.3 Å². The number of ether oxygens (including phenoxy) is 3. The van der Waals surface area contributed by atoms with Gasteiger partial charge >= 0.3 is 0 Å². The van der Waals surface area contributed by atoms with Gasteiger partial charge in [-0.3, -0.25) is 4.79 Å². The Balaban J connectivity index is 1.35. The number of hydrogen-bond acceptors (Lipinski definition) is 8. The highest BCUT2D eigenvalue weighted by atomic mass is 35.5. The number of rotatable bonds is 6. The first-order valence-corrected chi connectivity index (χ1v) is 18.8. The molecule has 2 aromatic carbocycles. The van der Waals surface area contributed by atoms with Crippen molar-refractivity contribution in [1.29, 1.82) is 0 Å². The Kier molecular flexibility index (Phi) is 10.5. The number of amides is 1. The third kappa shape index (κ3) is 7.37. The molecule has 2 heterocycles. The standard InChI is InChI=1S/C36H47ClN2O7S/c1-24-5-3-7-32(40)29-11-8-27(29)21-39-22-36(15-4-6-25-19-28(37)10-12-30(25)36)23-46-33-13-9-26(20-31(33)39)35(41)38-47(42,43)34(24)14-16-45-18-17-44-2/h3,7,9-10,12-13,19-20,24,27,29,32,34,40H,4-6,8,11,14-18,21-23H2,1-2H3,(H,38,41)/b7-3-/t24?,27-,29+,32-,34-,36-/m0/s1. The van der Waals surface area contributed by atoms with E-state index in [1.807, 2.05) is 25.1 Å². The molecule has 1 spiro atoms. The van der Waals surface area contributed by atoms with Crippen molar-refractivity contribution in [3.63, 3.8) is 0 Å². The fraction of sp³-hybridized carbons (Fsp3) is 0.583. The molecule has 1 saturated carbocycles. The summed E-state index contributed by atoms with van der Waals surface area (Å²) in [7, 11) is -2.50. The molecule has 2 aliphatic heterocycles. The number of methoxy groups -OCH3 is 1. The van der Waals surface area contributed by atoms with Gasteiger partial charge in [0.2, 0.25) is 10.0 Å². The first kappa shape index (κ1) is 34.2. The minimum absolute atomic E-state index is 0.0932. The monoisotopic (exact) mass is 686 g/mol. The topological polar surface area (TPSA) is 114 Å². The largest absolute Gasteiger partial charge is 0.490 e. The molecule has 1 unspecified atom stereocenters. The summed E-state index contributed by atoms with van der Waals surface area (Å²) in [6.45, 7) is 4.69. The van der Waals surface area contributed by atoms with Gasteiger partial charge in [0.15, 0.2) is 0 Å². The van der Waals surface area contributed by atoms with Gasteiger partial charge in [0.1, 0.15) is 5.75 Å². The van der Waals surface area contributed by atoms with Gasteiger partial charge < -0.3 is 24.2 Å². The van der Waals surface area contributed by atoms with Crippen molar-refractivity contribution in [3.05, 3.63) is 70.3 Å². The molecule has 0 radical (unpaired) electrons. The highest BCUT2D eigenvalue weighted by molar-refractivity contribution is 7.90. The maximum Gasteiger partial charge on any atom is 0.264 e. The number of anilines is 1. The lowest BCUT2D eigenvalue weighted by Crippen LogP contribution is -2.49. The number of allylic oxidation sites excluding steroid dienone is 1. The van der Waals surface area contributed by atoms with E-state index in [0.29, 0.717) is 45.1 Å². The molecule has 1 amide bonds. The summed E-state index contributed by atoms with van der Waals surface area (Å²) < 4.78 is 47.1. The quantitative estimate of drug-likeness (QED) is 0.312. The van der Waals surface area contributed by atoms with Crippen LogP contribution in [0.4, 0.5) is 5.69 Å². The highest BCUT2D eigenvalue weighted by Crippen LogP contribution is 2.46. The van der Waals surface area contributed by atoms with Gasteiger partial charge in [-0.25, -0.2) is 13.1 Å². The molecular weight excluding hydrogens is 640 g/mol. The predicted octanol–water partition coefficient (Wildman–Crippen LogP) is 5.28. The van der Waals surface area contributed by atoms with E-state index < -0.39 is 27.3 Å². The third-order valence-electron chi connectivity index (χ3n) is 10.8. The number of nitrogens with one attached hydrogen (secondary N) is 1. The lowest BCUT2D eigenvalue weighted by molar-refractivity contribution is 0.0455. The van der Waals surface area contributed by atoms with E-state index in [1.165, 1.54) is 11.1 Å². The summed E-state index contributed by atoms with van der Waals surface area (Å²) in [5, 5.41) is 11.1. The summed E-state index contributed by atoms with van der Waals surface area (Å²) in [6.07, 6.45) is 8.62. The Hall–Kier alpha value is -2.63. The normalized spacial score (nSPS) is 31.0. The van der Waals surface area contributed by atoms with Crippen LogP contribution in [-0.2, 0) is 31.3 Å². The van der Waals surface area contributed by atoms with Crippen LogP contribution in [0.15, 0.2) is 48.6 Å². The zero-order valence-corrected chi connectivity index (χ0v) is 28.9. The molecule has 1 fully saturated rings. The van der Waals surface area contributed by atoms with Crippen LogP contribution in [0, 0.1) is 17.8 Å². The number of carbonyl (C=O) groups is 1. The number of carbonyl (C=O) groups excluding carboxylic acids is 1. The number of halogens is 1. The number of aryl methyl sites for hydroxylation is 1. The van der Waals surface area contributed by atoms with Gasteiger partial charge in [0, 0.05) is 42.8 Å². The summed E-state index contributed by atoms with van der Waals surface area (Å²) in [5.74, 6) is 0.0306. The Labute approximate surface area is 283 Å². The number of nitrogens with zero attached hydrogens (tertiary/aromatic N) is 1. The van der Waals surface area contributed by atoms with Crippen LogP contribution in [-0.4, -0.2) is 77.4 Å². The molecule has 9 nitrogen and oxygen atoms in total. The van der Waals surface area contributed by atoms with E-state index in [2.05, 4.69) is 21.8 Å². The average molecular weight is 687 g/mol. The molecule has 0 saturated heterocycles. The lowest BCUT2D eigenvalue weighted by Gasteiger charge is -2.45. The second-order valence-electron chi connectivity index (χ2n) is 13.8. The second kappa shape index (κ2) is 14.5. The number of fused-ring (bicyclic) bond motifs is 4. The second-order valence-corrected chi connectivity index (χ2v) is 16.2. The highest BCUT2D eigenvalue weighted by Gasteiger charge is 2.44. The van der Waals surface area contributed by atoms with Crippen LogP contribution in [0.3, 0.4) is 0 Å². The van der Waals surface area contributed by atoms with E-state index >= 15 is 0 Å². The molecule has 2 aromatic rings. The Morgan fingerprint density at radius 1 is 1.15 bits per heavy atom. The summed E-state index contributed by atoms with van der Waals surface area (Å²) in [5.41, 5.74) is 3.24. The zero-order valence-electron chi connectivity index (χ0n) is 27.3. The van der Waals surface area contributed by atoms with Crippen molar-refractivity contribution in [1.82, 2.24) is 4.72 Å². The number of aliphatic hydroxyl groups is 1. The van der Waals surface area contributed by atoms with Crippen molar-refractivity contribution < 1.29 is 32.5 Å². The van der Waals surface area contributed by atoms with Gasteiger partial charge in [-0.15, -0.1) is 0 Å². The number of hydrogen-bond donors (Lipinski definition) is 2. The Morgan fingerprint density at radius 3 is 2.79 bits per heavy atom. The predicted molar refractivity (Wildman–Crippen MR) is 183 cm³/mol. The molecular formula is C36H47ClN2O7S. The van der Waals surface area contributed by atoms with Crippen molar-refractivity contribution >= 4 is 33.2 Å². The van der Waals surface area contributed by atoms with Gasteiger partial charge in [-0.2, -0.15) is 0 Å². The van der Waals surface area contributed by atoms with Gasteiger partial charge in [0.05, 0.1) is 36.9 Å². The smallest absolute Gasteiger partial charge is 0.264 e. The van der Waals surface area contributed by atoms with Crippen LogP contribution in [0.5, 0.6) is 5.75 Å². The maximum absolute atomic E-state index is 13.8. The van der Waals surface area contributed by atoms with Crippen LogP contribution >= 0.6 is 11.6 Å². The molecule has 6 rings (SSSR count). The molecule has 11 heteroatoms. The molecule has 4 aliphatic rings. The van der Waals surface area contributed by atoms with E-state index in [9.17, 15) is 18.3 Å². The molecule has 2 bridgehead atoms. The molecule has 2 aliphatic carbocycles. The SMILES string of the molecule is COCCOCC[C@H]1C(C)C/C=C\[C@H](O)[C@@H]2CC[C@H]2CN2C[C@@]3(CCCc4cc(Cl)ccc43)COc3ccc(cc32)C(=O)NS1(=O)=O. The Morgan fingerprint density at radius 2 is 2.00 bits per heavy atom. The number of aliphatic hydroxyl groups excluding tert-OH is 1. The minimum atomic E-state index is -4.08. The van der Waals surface area contributed by atoms with Crippen molar-refractivity contribution in [2.45, 2.75) is 68.6 Å². The first-order chi connectivity index (χ1) is 22.6. The fourth-order valence-electron chi connectivity index (χ4n) is 7.99. The van der Waals surface area contributed by atoms with Crippen LogP contribution < -0.4 is 14.4 Å². The summed E-state index contributed by atoms with van der Waals surface area (Å²) in [6, 6.07) is 11.4. The summed E-state index contributed by atoms with van der Waals surface area (Å²) >= 11 is 6.41. The van der Waals surface area contributed by atoms with Crippen molar-refractivity contribution in [2.24, 2.45) is 17.8 Å².